The molecular weight excluding hydrogens is 442 g/mol. The van der Waals surface area contributed by atoms with Gasteiger partial charge in [-0.05, 0) is 43.7 Å². The van der Waals surface area contributed by atoms with Gasteiger partial charge in [-0.2, -0.15) is 0 Å². The maximum Gasteiger partial charge on any atom is 0.276 e. The number of fused-ring (bicyclic) bond motifs is 1. The molecule has 4 aromatic rings. The number of hydrogen-bond acceptors (Lipinski definition) is 5. The van der Waals surface area contributed by atoms with Crippen molar-refractivity contribution in [2.45, 2.75) is 44.7 Å². The van der Waals surface area contributed by atoms with Gasteiger partial charge >= 0.3 is 0 Å². The number of H-pyrrole nitrogens is 1. The number of anilines is 1. The Labute approximate surface area is 203 Å². The third-order valence-corrected chi connectivity index (χ3v) is 6.70. The minimum absolute atomic E-state index is 0.0293. The van der Waals surface area contributed by atoms with E-state index in [1.54, 1.807) is 0 Å². The smallest absolute Gasteiger partial charge is 0.276 e. The Morgan fingerprint density at radius 2 is 1.86 bits per heavy atom. The Hall–Kier alpha value is -3.98. The maximum atomic E-state index is 13.3. The van der Waals surface area contributed by atoms with E-state index < -0.39 is 11.8 Å². The van der Waals surface area contributed by atoms with Crippen molar-refractivity contribution in [1.82, 2.24) is 24.4 Å². The first-order valence-electron chi connectivity index (χ1n) is 11.9. The highest BCUT2D eigenvalue weighted by molar-refractivity contribution is 6.10. The van der Waals surface area contributed by atoms with Crippen LogP contribution in [0.4, 0.5) is 5.69 Å². The minimum Gasteiger partial charge on any atom is -0.364 e. The number of benzene rings is 2. The number of nitrogens with two attached hydrogens (primary N) is 1. The summed E-state index contributed by atoms with van der Waals surface area (Å²) in [6.45, 7) is 0.719. The number of hydrogen-bond donors (Lipinski definition) is 3. The zero-order valence-electron chi connectivity index (χ0n) is 19.7. The molecule has 4 N–H and O–H groups in total. The molecule has 2 amide bonds. The second-order valence-electron chi connectivity index (χ2n) is 9.07. The molecule has 0 aliphatic heterocycles. The fraction of sp³-hybridized carbons (Fsp3) is 0.308. The number of rotatable bonds is 7. The van der Waals surface area contributed by atoms with Gasteiger partial charge in [0.25, 0.3) is 11.8 Å². The summed E-state index contributed by atoms with van der Waals surface area (Å²) in [5, 5.41) is 2.94. The Morgan fingerprint density at radius 1 is 1.11 bits per heavy atom. The van der Waals surface area contributed by atoms with Gasteiger partial charge in [0.15, 0.2) is 5.69 Å². The van der Waals surface area contributed by atoms with E-state index in [1.807, 2.05) is 48.5 Å². The van der Waals surface area contributed by atoms with Crippen LogP contribution >= 0.6 is 0 Å². The summed E-state index contributed by atoms with van der Waals surface area (Å²) < 4.78 is 1.42. The molecule has 0 saturated heterocycles. The van der Waals surface area contributed by atoms with Crippen LogP contribution in [0.15, 0.2) is 54.9 Å². The van der Waals surface area contributed by atoms with E-state index in [0.29, 0.717) is 17.7 Å². The van der Waals surface area contributed by atoms with Crippen molar-refractivity contribution in [3.63, 3.8) is 0 Å². The highest BCUT2D eigenvalue weighted by atomic mass is 16.2. The average molecular weight is 472 g/mol. The number of primary amides is 1. The van der Waals surface area contributed by atoms with E-state index in [9.17, 15) is 9.59 Å². The molecule has 9 nitrogen and oxygen atoms in total. The molecule has 0 radical (unpaired) electrons. The van der Waals surface area contributed by atoms with Gasteiger partial charge in [0.1, 0.15) is 12.0 Å². The predicted octanol–water partition coefficient (Wildman–Crippen LogP) is 3.86. The zero-order chi connectivity index (χ0) is 24.4. The summed E-state index contributed by atoms with van der Waals surface area (Å²) in [4.78, 5) is 39.8. The van der Waals surface area contributed by atoms with Crippen molar-refractivity contribution >= 4 is 28.5 Å². The lowest BCUT2D eigenvalue weighted by molar-refractivity contribution is 0.0970. The minimum atomic E-state index is -0.765. The van der Waals surface area contributed by atoms with Gasteiger partial charge in [-0.3, -0.25) is 19.1 Å². The topological polar surface area (TPSA) is 122 Å². The van der Waals surface area contributed by atoms with Crippen molar-refractivity contribution in [1.29, 1.82) is 0 Å². The molecule has 1 fully saturated rings. The first kappa shape index (κ1) is 22.8. The molecule has 1 aliphatic carbocycles. The first-order valence-corrected chi connectivity index (χ1v) is 11.9. The lowest BCUT2D eigenvalue weighted by Crippen LogP contribution is -2.33. The van der Waals surface area contributed by atoms with E-state index in [2.05, 4.69) is 32.2 Å². The van der Waals surface area contributed by atoms with Crippen molar-refractivity contribution in [2.24, 2.45) is 5.73 Å². The summed E-state index contributed by atoms with van der Waals surface area (Å²) in [5.41, 5.74) is 8.82. The monoisotopic (exact) mass is 471 g/mol. The van der Waals surface area contributed by atoms with Gasteiger partial charge < -0.3 is 16.0 Å². The van der Waals surface area contributed by atoms with Crippen LogP contribution in [0, 0.1) is 0 Å². The molecule has 0 bridgehead atoms. The van der Waals surface area contributed by atoms with Gasteiger partial charge in [-0.1, -0.05) is 49.6 Å². The quantitative estimate of drug-likeness (QED) is 0.378. The predicted molar refractivity (Wildman–Crippen MR) is 134 cm³/mol. The van der Waals surface area contributed by atoms with Gasteiger partial charge in [-0.25, -0.2) is 9.97 Å². The number of carbonyl (C=O) groups is 2. The number of nitrogens with zero attached hydrogens (tertiary/aromatic N) is 4. The van der Waals surface area contributed by atoms with Crippen molar-refractivity contribution in [2.75, 3.05) is 12.4 Å². The molecule has 1 aliphatic rings. The van der Waals surface area contributed by atoms with Crippen LogP contribution in [-0.2, 0) is 6.54 Å². The molecule has 2 aromatic heterocycles. The largest absolute Gasteiger partial charge is 0.364 e. The Kier molecular flexibility index (Phi) is 6.33. The molecule has 5 rings (SSSR count). The zero-order valence-corrected chi connectivity index (χ0v) is 19.7. The molecule has 2 aromatic carbocycles. The normalized spacial score (nSPS) is 14.5. The van der Waals surface area contributed by atoms with Crippen LogP contribution in [0.2, 0.25) is 0 Å². The lowest BCUT2D eigenvalue weighted by atomic mass is 9.94. The Balaban J connectivity index is 1.40. The molecule has 9 heteroatoms. The number of carbonyl (C=O) groups excluding carboxylic acids is 2. The third-order valence-electron chi connectivity index (χ3n) is 6.70. The van der Waals surface area contributed by atoms with Crippen LogP contribution in [0.3, 0.4) is 0 Å². The lowest BCUT2D eigenvalue weighted by Gasteiger charge is -2.31. The van der Waals surface area contributed by atoms with Crippen LogP contribution in [0.5, 0.6) is 0 Å². The molecule has 35 heavy (non-hydrogen) atoms. The SMILES string of the molecule is CN(Cc1ccccc1NC(=O)c1ncn(-c2nc3ccccc3[nH]2)c1C(N)=O)C1CCCCC1. The van der Waals surface area contributed by atoms with E-state index in [1.165, 1.54) is 43.0 Å². The highest BCUT2D eigenvalue weighted by Gasteiger charge is 2.25. The molecule has 0 spiro atoms. The van der Waals surface area contributed by atoms with E-state index in [4.69, 9.17) is 5.73 Å². The van der Waals surface area contributed by atoms with E-state index in [-0.39, 0.29) is 11.4 Å². The molecule has 180 valence electrons. The Bertz CT molecular complexity index is 1330. The number of aromatic amines is 1. The van der Waals surface area contributed by atoms with Crippen LogP contribution in [0.1, 0.15) is 58.6 Å². The molecule has 1 saturated carbocycles. The standard InChI is InChI=1S/C26H29N7O2/c1-32(18-10-3-2-4-11-18)15-17-9-5-6-12-19(17)29-25(35)22-23(24(27)34)33(16-28-22)26-30-20-13-7-8-14-21(20)31-26/h5-9,12-14,16,18H,2-4,10-11,15H2,1H3,(H2,27,34)(H,29,35)(H,30,31). The molecule has 2 heterocycles. The molecule has 0 atom stereocenters. The van der Waals surface area contributed by atoms with Crippen LogP contribution in [0.25, 0.3) is 17.0 Å². The molecular formula is C26H29N7O2. The summed E-state index contributed by atoms with van der Waals surface area (Å²) in [5.74, 6) is -0.902. The Morgan fingerprint density at radius 3 is 2.63 bits per heavy atom. The summed E-state index contributed by atoms with van der Waals surface area (Å²) in [6, 6.07) is 15.7. The van der Waals surface area contributed by atoms with Crippen LogP contribution in [-0.4, -0.2) is 49.3 Å². The maximum absolute atomic E-state index is 13.3. The van der Waals surface area contributed by atoms with Gasteiger partial charge in [-0.15, -0.1) is 0 Å². The average Bonchev–Trinajstić information content (AvgIpc) is 3.50. The van der Waals surface area contributed by atoms with Crippen LogP contribution < -0.4 is 11.1 Å². The van der Waals surface area contributed by atoms with Crippen molar-refractivity contribution < 1.29 is 9.59 Å². The number of nitrogens with one attached hydrogen (secondary N) is 2. The van der Waals surface area contributed by atoms with E-state index >= 15 is 0 Å². The summed E-state index contributed by atoms with van der Waals surface area (Å²) >= 11 is 0. The number of imidazole rings is 2. The van der Waals surface area contributed by atoms with Crippen molar-refractivity contribution in [3.05, 3.63) is 71.8 Å². The number of amides is 2. The third kappa shape index (κ3) is 4.67. The van der Waals surface area contributed by atoms with Gasteiger partial charge in [0, 0.05) is 18.3 Å². The second-order valence-corrected chi connectivity index (χ2v) is 9.07. The van der Waals surface area contributed by atoms with Crippen molar-refractivity contribution in [3.8, 4) is 5.95 Å². The molecule has 0 unspecified atom stereocenters. The fourth-order valence-electron chi connectivity index (χ4n) is 4.85. The van der Waals surface area contributed by atoms with Gasteiger partial charge in [0.05, 0.1) is 11.0 Å². The van der Waals surface area contributed by atoms with Gasteiger partial charge in [0.2, 0.25) is 5.95 Å². The summed E-state index contributed by atoms with van der Waals surface area (Å²) in [7, 11) is 2.13. The highest BCUT2D eigenvalue weighted by Crippen LogP contribution is 2.25. The summed E-state index contributed by atoms with van der Waals surface area (Å²) in [6.07, 6.45) is 7.61. The van der Waals surface area contributed by atoms with E-state index in [0.717, 1.165) is 23.1 Å². The fourth-order valence-corrected chi connectivity index (χ4v) is 4.85. The second kappa shape index (κ2) is 9.71. The first-order chi connectivity index (χ1) is 17.0. The number of aromatic nitrogens is 4. The number of para-hydroxylation sites is 3.